The van der Waals surface area contributed by atoms with Crippen molar-refractivity contribution in [1.82, 2.24) is 19.7 Å². The number of aromatic amines is 1. The highest BCUT2D eigenvalue weighted by Crippen LogP contribution is 2.30. The van der Waals surface area contributed by atoms with Gasteiger partial charge in [0.2, 0.25) is 0 Å². The van der Waals surface area contributed by atoms with Gasteiger partial charge >= 0.3 is 0 Å². The van der Waals surface area contributed by atoms with E-state index in [2.05, 4.69) is 31.1 Å². The van der Waals surface area contributed by atoms with Crippen LogP contribution in [0.25, 0.3) is 17.1 Å². The van der Waals surface area contributed by atoms with Crippen LogP contribution < -0.4 is 4.74 Å². The number of hydrogen-bond acceptors (Lipinski definition) is 4. The number of H-pyrrole nitrogens is 1. The first-order chi connectivity index (χ1) is 10.2. The van der Waals surface area contributed by atoms with Gasteiger partial charge in [-0.15, -0.1) is 0 Å². The maximum atomic E-state index is 5.42. The fourth-order valence-corrected chi connectivity index (χ4v) is 2.63. The van der Waals surface area contributed by atoms with E-state index in [1.165, 1.54) is 0 Å². The Bertz CT molecular complexity index is 828. The summed E-state index contributed by atoms with van der Waals surface area (Å²) >= 11 is 8.83. The van der Waals surface area contributed by atoms with E-state index in [4.69, 9.17) is 17.0 Å². The molecule has 0 amide bonds. The van der Waals surface area contributed by atoms with E-state index >= 15 is 0 Å². The summed E-state index contributed by atoms with van der Waals surface area (Å²) in [5.41, 5.74) is 1.68. The zero-order valence-electron chi connectivity index (χ0n) is 11.1. The van der Waals surface area contributed by atoms with Crippen LogP contribution in [-0.2, 0) is 0 Å². The van der Waals surface area contributed by atoms with Gasteiger partial charge in [-0.25, -0.2) is 0 Å². The van der Waals surface area contributed by atoms with Gasteiger partial charge in [-0.05, 0) is 42.5 Å². The number of halogens is 1. The molecule has 0 saturated carbocycles. The quantitative estimate of drug-likeness (QED) is 0.720. The molecule has 0 aliphatic carbocycles. The minimum absolute atomic E-state index is 0.491. The van der Waals surface area contributed by atoms with E-state index in [9.17, 15) is 0 Å². The van der Waals surface area contributed by atoms with Crippen molar-refractivity contribution in [3.8, 4) is 22.8 Å². The highest BCUT2D eigenvalue weighted by atomic mass is 79.9. The molecule has 5 nitrogen and oxygen atoms in total. The third-order valence-electron chi connectivity index (χ3n) is 2.97. The molecule has 106 valence electrons. The van der Waals surface area contributed by atoms with Crippen LogP contribution in [0.2, 0.25) is 0 Å². The fourth-order valence-electron chi connectivity index (χ4n) is 2.05. The monoisotopic (exact) mass is 362 g/mol. The van der Waals surface area contributed by atoms with E-state index in [1.54, 1.807) is 19.5 Å². The second-order valence-corrected chi connectivity index (χ2v) is 5.55. The van der Waals surface area contributed by atoms with Crippen LogP contribution in [0.4, 0.5) is 0 Å². The van der Waals surface area contributed by atoms with Crippen LogP contribution in [-0.4, -0.2) is 26.9 Å². The Hall–Kier alpha value is -1.99. The first-order valence-corrected chi connectivity index (χ1v) is 7.32. The molecule has 3 aromatic rings. The lowest BCUT2D eigenvalue weighted by Crippen LogP contribution is -2.01. The molecule has 2 heterocycles. The highest BCUT2D eigenvalue weighted by molar-refractivity contribution is 9.10. The number of benzene rings is 1. The molecule has 0 fully saturated rings. The number of rotatable bonds is 3. The van der Waals surface area contributed by atoms with Crippen molar-refractivity contribution in [2.45, 2.75) is 0 Å². The lowest BCUT2D eigenvalue weighted by molar-refractivity contribution is 0.412. The lowest BCUT2D eigenvalue weighted by atomic mass is 10.2. The van der Waals surface area contributed by atoms with Gasteiger partial charge in [-0.2, -0.15) is 5.10 Å². The molecule has 0 aliphatic rings. The molecule has 1 aromatic carbocycles. The van der Waals surface area contributed by atoms with Crippen LogP contribution >= 0.6 is 28.1 Å². The summed E-state index contributed by atoms with van der Waals surface area (Å²) in [5, 5.41) is 7.12. The smallest absolute Gasteiger partial charge is 0.200 e. The molecular weight excluding hydrogens is 352 g/mol. The summed E-state index contributed by atoms with van der Waals surface area (Å²) in [5.74, 6) is 1.39. The number of methoxy groups -OCH3 is 1. The normalized spacial score (nSPS) is 10.6. The van der Waals surface area contributed by atoms with Crippen molar-refractivity contribution >= 4 is 28.1 Å². The van der Waals surface area contributed by atoms with E-state index in [0.717, 1.165) is 15.7 Å². The maximum absolute atomic E-state index is 5.42. The van der Waals surface area contributed by atoms with Crippen LogP contribution in [0.1, 0.15) is 0 Å². The summed E-state index contributed by atoms with van der Waals surface area (Å²) in [6, 6.07) is 9.51. The summed E-state index contributed by atoms with van der Waals surface area (Å²) in [6.07, 6.45) is 3.46. The van der Waals surface area contributed by atoms with Crippen molar-refractivity contribution in [2.24, 2.45) is 0 Å². The molecule has 0 spiro atoms. The number of hydrogen-bond donors (Lipinski definition) is 1. The van der Waals surface area contributed by atoms with Crippen LogP contribution in [0.15, 0.2) is 47.2 Å². The van der Waals surface area contributed by atoms with Crippen LogP contribution in [0.5, 0.6) is 5.75 Å². The molecule has 0 saturated heterocycles. The van der Waals surface area contributed by atoms with E-state index in [1.807, 2.05) is 34.9 Å². The van der Waals surface area contributed by atoms with Gasteiger partial charge in [0.15, 0.2) is 10.6 Å². The number of nitrogens with zero attached hydrogens (tertiary/aromatic N) is 3. The van der Waals surface area contributed by atoms with Crippen molar-refractivity contribution in [1.29, 1.82) is 0 Å². The second kappa shape index (κ2) is 5.79. The summed E-state index contributed by atoms with van der Waals surface area (Å²) < 4.78 is 8.67. The van der Waals surface area contributed by atoms with Gasteiger partial charge in [0.1, 0.15) is 5.75 Å². The summed E-state index contributed by atoms with van der Waals surface area (Å²) in [6.45, 7) is 0. The molecule has 0 atom stereocenters. The van der Waals surface area contributed by atoms with Gasteiger partial charge in [0.25, 0.3) is 0 Å². The van der Waals surface area contributed by atoms with Crippen LogP contribution in [0.3, 0.4) is 0 Å². The number of ether oxygens (including phenoxy) is 1. The first kappa shape index (κ1) is 14.0. The molecule has 2 aromatic heterocycles. The molecule has 0 unspecified atom stereocenters. The third-order valence-corrected chi connectivity index (χ3v) is 3.74. The third kappa shape index (κ3) is 2.62. The van der Waals surface area contributed by atoms with E-state index < -0.39 is 0 Å². The zero-order valence-corrected chi connectivity index (χ0v) is 13.5. The Balaban J connectivity index is 2.27. The molecule has 3 rings (SSSR count). The Kier molecular flexibility index (Phi) is 3.85. The summed E-state index contributed by atoms with van der Waals surface area (Å²) in [7, 11) is 1.63. The minimum atomic E-state index is 0.491. The van der Waals surface area contributed by atoms with Crippen molar-refractivity contribution in [3.05, 3.63) is 52.0 Å². The largest absolute Gasteiger partial charge is 0.495 e. The second-order valence-electron chi connectivity index (χ2n) is 4.25. The number of nitrogens with one attached hydrogen (secondary N) is 1. The average Bonchev–Trinajstić information content (AvgIpc) is 2.89. The minimum Gasteiger partial charge on any atom is -0.495 e. The Morgan fingerprint density at radius 1 is 1.33 bits per heavy atom. The molecule has 21 heavy (non-hydrogen) atoms. The number of pyridine rings is 1. The SMILES string of the molecule is COc1ccc(Br)cc1-n1c(-c2cccnc2)n[nH]c1=S. The topological polar surface area (TPSA) is 55.7 Å². The fraction of sp³-hybridized carbons (Fsp3) is 0.0714. The van der Waals surface area contributed by atoms with E-state index in [0.29, 0.717) is 16.3 Å². The lowest BCUT2D eigenvalue weighted by Gasteiger charge is -2.11. The molecule has 0 radical (unpaired) electrons. The predicted molar refractivity (Wildman–Crippen MR) is 86.2 cm³/mol. The maximum Gasteiger partial charge on any atom is 0.200 e. The molecule has 0 aliphatic heterocycles. The zero-order chi connectivity index (χ0) is 14.8. The molecule has 1 N–H and O–H groups in total. The van der Waals surface area contributed by atoms with Gasteiger partial charge in [-0.3, -0.25) is 14.6 Å². The standard InChI is InChI=1S/C14H11BrN4OS/c1-20-12-5-4-10(15)7-11(12)19-13(17-18-14(19)21)9-3-2-6-16-8-9/h2-8H,1H3,(H,18,21). The van der Waals surface area contributed by atoms with Gasteiger partial charge in [0.05, 0.1) is 12.8 Å². The Morgan fingerprint density at radius 3 is 2.90 bits per heavy atom. The van der Waals surface area contributed by atoms with Gasteiger partial charge in [-0.1, -0.05) is 15.9 Å². The molecule has 7 heteroatoms. The van der Waals surface area contributed by atoms with Crippen LogP contribution in [0, 0.1) is 4.77 Å². The van der Waals surface area contributed by atoms with Crippen molar-refractivity contribution in [2.75, 3.05) is 7.11 Å². The predicted octanol–water partition coefficient (Wildman–Crippen LogP) is 3.76. The molecule has 0 bridgehead atoms. The summed E-state index contributed by atoms with van der Waals surface area (Å²) in [4.78, 5) is 4.12. The number of aromatic nitrogens is 4. The van der Waals surface area contributed by atoms with Crippen molar-refractivity contribution < 1.29 is 4.74 Å². The highest BCUT2D eigenvalue weighted by Gasteiger charge is 2.14. The first-order valence-electron chi connectivity index (χ1n) is 6.12. The Labute approximate surface area is 134 Å². The van der Waals surface area contributed by atoms with E-state index in [-0.39, 0.29) is 0 Å². The molecular formula is C14H11BrN4OS. The van der Waals surface area contributed by atoms with Gasteiger partial charge in [0, 0.05) is 22.4 Å². The average molecular weight is 363 g/mol. The van der Waals surface area contributed by atoms with Crippen molar-refractivity contribution in [3.63, 3.8) is 0 Å². The van der Waals surface area contributed by atoms with Gasteiger partial charge < -0.3 is 4.74 Å². The Morgan fingerprint density at radius 2 is 2.19 bits per heavy atom.